The topological polar surface area (TPSA) is 15.8 Å². The zero-order valence-electron chi connectivity index (χ0n) is 17.4. The van der Waals surface area contributed by atoms with Crippen LogP contribution in [0.1, 0.15) is 5.48 Å². The van der Waals surface area contributed by atoms with Gasteiger partial charge in [-0.3, -0.25) is 0 Å². The van der Waals surface area contributed by atoms with Crippen LogP contribution in [0.5, 0.6) is 0 Å². The van der Waals surface area contributed by atoms with Gasteiger partial charge >= 0.3 is 0 Å². The molecule has 0 amide bonds. The summed E-state index contributed by atoms with van der Waals surface area (Å²) >= 11 is 0. The quantitative estimate of drug-likeness (QED) is 0.374. The molecule has 1 heteroatoms. The molecule has 0 saturated heterocycles. The first-order valence-corrected chi connectivity index (χ1v) is 8.23. The van der Waals surface area contributed by atoms with E-state index in [0.717, 1.165) is 33.2 Å². The Bertz CT molecular complexity index is 1370. The Morgan fingerprint density at radius 1 is 0.600 bits per heavy atom. The van der Waals surface area contributed by atoms with Crippen LogP contribution in [0.3, 0.4) is 0 Å². The Morgan fingerprint density at radius 2 is 1.32 bits per heavy atom. The van der Waals surface area contributed by atoms with E-state index < -0.39 is 0 Å². The fourth-order valence-corrected chi connectivity index (χ4v) is 3.34. The summed E-state index contributed by atoms with van der Waals surface area (Å²) in [6.45, 7) is 0. The van der Waals surface area contributed by atoms with Crippen molar-refractivity contribution in [3.05, 3.63) is 97.0 Å². The molecule has 1 aromatic heterocycles. The summed E-state index contributed by atoms with van der Waals surface area (Å²) in [5.41, 5.74) is 5.55. The molecule has 118 valence electrons. The lowest BCUT2D eigenvalue weighted by Crippen LogP contribution is -1.82. The summed E-state index contributed by atoms with van der Waals surface area (Å²) in [7, 11) is 0. The first kappa shape index (κ1) is 10.5. The number of fused-ring (bicyclic) bond motifs is 3. The average Bonchev–Trinajstić information content (AvgIpc) is 3.17. The first-order valence-electron chi connectivity index (χ1n) is 10.2. The number of rotatable bonds is 2. The van der Waals surface area contributed by atoms with Gasteiger partial charge in [-0.25, -0.2) is 0 Å². The second-order valence-electron chi connectivity index (χ2n) is 6.05. The minimum atomic E-state index is -0.220. The van der Waals surface area contributed by atoms with Crippen molar-refractivity contribution in [2.75, 3.05) is 0 Å². The van der Waals surface area contributed by atoms with E-state index >= 15 is 0 Å². The molecule has 0 fully saturated rings. The highest BCUT2D eigenvalue weighted by Gasteiger charge is 2.09. The molecule has 0 aliphatic rings. The van der Waals surface area contributed by atoms with Crippen LogP contribution in [0.15, 0.2) is 97.0 Å². The second-order valence-corrected chi connectivity index (χ2v) is 6.05. The van der Waals surface area contributed by atoms with Gasteiger partial charge in [-0.1, -0.05) is 90.9 Å². The van der Waals surface area contributed by atoms with Crippen LogP contribution in [-0.2, 0) is 0 Å². The monoisotopic (exact) mass is 323 g/mol. The van der Waals surface area contributed by atoms with E-state index in [-0.39, 0.29) is 24.2 Å². The lowest BCUT2D eigenvalue weighted by Gasteiger charge is -2.06. The normalized spacial score (nSPS) is 13.4. The molecule has 5 aromatic rings. The number of benzene rings is 4. The molecule has 0 atom stereocenters. The fourth-order valence-electron chi connectivity index (χ4n) is 3.34. The molecule has 0 unspecified atom stereocenters. The number of nitrogens with one attached hydrogen (secondary N) is 1. The summed E-state index contributed by atoms with van der Waals surface area (Å²) in [5.74, 6) is 0. The third-order valence-corrected chi connectivity index (χ3v) is 4.57. The second kappa shape index (κ2) is 5.64. The maximum atomic E-state index is 8.31. The van der Waals surface area contributed by atoms with E-state index in [1.807, 2.05) is 36.4 Å². The Labute approximate surface area is 152 Å². The molecular formula is C24H17N. The molecule has 0 radical (unpaired) electrons. The minimum Gasteiger partial charge on any atom is -0.354 e. The van der Waals surface area contributed by atoms with Crippen molar-refractivity contribution >= 4 is 21.8 Å². The highest BCUT2D eigenvalue weighted by molar-refractivity contribution is 6.11. The van der Waals surface area contributed by atoms with Gasteiger partial charge in [-0.05, 0) is 22.7 Å². The van der Waals surface area contributed by atoms with E-state index in [4.69, 9.17) is 5.48 Å². The van der Waals surface area contributed by atoms with Crippen LogP contribution < -0.4 is 0 Å². The van der Waals surface area contributed by atoms with Crippen molar-refractivity contribution in [1.29, 1.82) is 0 Å². The third kappa shape index (κ3) is 2.33. The lowest BCUT2D eigenvalue weighted by molar-refractivity contribution is 1.53. The summed E-state index contributed by atoms with van der Waals surface area (Å²) in [4.78, 5) is 3.26. The van der Waals surface area contributed by atoms with Gasteiger partial charge in [-0.15, -0.1) is 0 Å². The first-order chi connectivity index (χ1) is 14.1. The van der Waals surface area contributed by atoms with Crippen molar-refractivity contribution in [2.45, 2.75) is 0 Å². The van der Waals surface area contributed by atoms with Gasteiger partial charge in [0.15, 0.2) is 0 Å². The van der Waals surface area contributed by atoms with Gasteiger partial charge in [0.1, 0.15) is 0 Å². The van der Waals surface area contributed by atoms with E-state index in [2.05, 4.69) is 41.4 Å². The van der Waals surface area contributed by atoms with Crippen LogP contribution in [0.25, 0.3) is 44.1 Å². The van der Waals surface area contributed by atoms with Crippen molar-refractivity contribution in [3.8, 4) is 22.3 Å². The van der Waals surface area contributed by atoms with Crippen LogP contribution >= 0.6 is 0 Å². The van der Waals surface area contributed by atoms with Crippen LogP contribution in [0.4, 0.5) is 0 Å². The van der Waals surface area contributed by atoms with E-state index in [9.17, 15) is 0 Å². The molecular weight excluding hydrogens is 302 g/mol. The summed E-state index contributed by atoms with van der Waals surface area (Å²) in [6.07, 6.45) is 0. The van der Waals surface area contributed by atoms with Crippen molar-refractivity contribution in [3.63, 3.8) is 0 Å². The van der Waals surface area contributed by atoms with Crippen molar-refractivity contribution in [1.82, 2.24) is 4.98 Å². The van der Waals surface area contributed by atoms with Gasteiger partial charge < -0.3 is 4.98 Å². The third-order valence-electron chi connectivity index (χ3n) is 4.57. The molecule has 1 N–H and O–H groups in total. The predicted octanol–water partition coefficient (Wildman–Crippen LogP) is 6.66. The van der Waals surface area contributed by atoms with Gasteiger partial charge in [0.25, 0.3) is 0 Å². The lowest BCUT2D eigenvalue weighted by atomic mass is 9.99. The summed E-state index contributed by atoms with van der Waals surface area (Å²) in [6, 6.07) is 23.9. The molecule has 0 bridgehead atoms. The zero-order chi connectivity index (χ0) is 20.1. The zero-order valence-corrected chi connectivity index (χ0v) is 13.4. The van der Waals surface area contributed by atoms with E-state index in [1.54, 1.807) is 0 Å². The van der Waals surface area contributed by atoms with Crippen molar-refractivity contribution < 1.29 is 5.48 Å². The van der Waals surface area contributed by atoms with Crippen LogP contribution in [0.2, 0.25) is 0 Å². The highest BCUT2D eigenvalue weighted by Crippen LogP contribution is 2.33. The maximum Gasteiger partial charge on any atom is 0.0645 e. The maximum absolute atomic E-state index is 8.31. The largest absolute Gasteiger partial charge is 0.354 e. The van der Waals surface area contributed by atoms with Gasteiger partial charge in [0.05, 0.1) is 11.0 Å². The Hall–Kier alpha value is -3.32. The number of hydrogen-bond acceptors (Lipinski definition) is 0. The molecule has 25 heavy (non-hydrogen) atoms. The SMILES string of the molecule is [2H]c1c([2H])c([2H])c2c([nH]c3c(-c4ccc(-c5ccccc5)cc4)cccc32)c1[2H]. The Balaban J connectivity index is 1.72. The van der Waals surface area contributed by atoms with Crippen molar-refractivity contribution in [2.24, 2.45) is 0 Å². The number of aromatic amines is 1. The minimum absolute atomic E-state index is 0.0103. The number of H-pyrrole nitrogens is 1. The molecule has 1 nitrogen and oxygen atoms in total. The number of aromatic nitrogens is 1. The standard InChI is InChI=1S/C24H17N/c1-2-7-17(8-3-1)18-13-15-19(16-14-18)20-10-6-11-22-21-9-4-5-12-23(21)25-24(20)22/h1-16,25H/i4D,5D,9D,12D. The van der Waals surface area contributed by atoms with Crippen LogP contribution in [0, 0.1) is 0 Å². The van der Waals surface area contributed by atoms with Gasteiger partial charge in [-0.2, -0.15) is 0 Å². The van der Waals surface area contributed by atoms with Gasteiger partial charge in [0, 0.05) is 21.9 Å². The average molecular weight is 323 g/mol. The Kier molecular flexibility index (Phi) is 2.38. The molecule has 1 heterocycles. The molecule has 5 rings (SSSR count). The number of hydrogen-bond donors (Lipinski definition) is 1. The molecule has 4 aromatic carbocycles. The number of para-hydroxylation sites is 2. The molecule has 0 aliphatic carbocycles. The fraction of sp³-hybridized carbons (Fsp3) is 0. The smallest absolute Gasteiger partial charge is 0.0645 e. The molecule has 0 aliphatic heterocycles. The predicted molar refractivity (Wildman–Crippen MR) is 107 cm³/mol. The summed E-state index contributed by atoms with van der Waals surface area (Å²) in [5, 5.41) is 1.34. The molecule has 0 saturated carbocycles. The Morgan fingerprint density at radius 3 is 2.16 bits per heavy atom. The molecule has 0 spiro atoms. The van der Waals surface area contributed by atoms with Crippen LogP contribution in [-0.4, -0.2) is 4.98 Å². The van der Waals surface area contributed by atoms with E-state index in [0.29, 0.717) is 10.9 Å². The van der Waals surface area contributed by atoms with Gasteiger partial charge in [0.2, 0.25) is 0 Å². The highest BCUT2D eigenvalue weighted by atomic mass is 14.7. The van der Waals surface area contributed by atoms with E-state index in [1.165, 1.54) is 0 Å². The summed E-state index contributed by atoms with van der Waals surface area (Å²) < 4.78 is 32.5.